The van der Waals surface area contributed by atoms with E-state index in [4.69, 9.17) is 14.2 Å². The standard InChI is InChI=1S/C22H21F3O4/c1-12-7-17-16(18(8-12)22(23,24)25)5-6-19(17)29-14-3-4-15-13(9-21(26)27-2)11-28-20(15)10-14/h3-4,7-8,10,13,19H,5-6,9,11H2,1-2H3/t13-,19-/m1/s1. The van der Waals surface area contributed by atoms with Gasteiger partial charge in [0, 0.05) is 17.5 Å². The summed E-state index contributed by atoms with van der Waals surface area (Å²) >= 11 is 0. The number of halogens is 3. The molecule has 2 aromatic carbocycles. The zero-order valence-electron chi connectivity index (χ0n) is 16.1. The quantitative estimate of drug-likeness (QED) is 0.662. The Morgan fingerprint density at radius 1 is 1.21 bits per heavy atom. The molecule has 29 heavy (non-hydrogen) atoms. The predicted octanol–water partition coefficient (Wildman–Crippen LogP) is 5.12. The Balaban J connectivity index is 1.56. The average molecular weight is 406 g/mol. The lowest BCUT2D eigenvalue weighted by Crippen LogP contribution is -2.11. The zero-order valence-corrected chi connectivity index (χ0v) is 16.1. The molecule has 154 valence electrons. The van der Waals surface area contributed by atoms with Crippen molar-refractivity contribution in [1.82, 2.24) is 0 Å². The highest BCUT2D eigenvalue weighted by Crippen LogP contribution is 2.44. The summed E-state index contributed by atoms with van der Waals surface area (Å²) in [6, 6.07) is 8.34. The van der Waals surface area contributed by atoms with Crippen LogP contribution in [-0.2, 0) is 22.1 Å². The number of carbonyl (C=O) groups excluding carboxylic acids is 1. The van der Waals surface area contributed by atoms with Gasteiger partial charge in [0.1, 0.15) is 17.6 Å². The van der Waals surface area contributed by atoms with Crippen molar-refractivity contribution in [3.63, 3.8) is 0 Å². The number of rotatable bonds is 4. The van der Waals surface area contributed by atoms with Crippen LogP contribution in [0.2, 0.25) is 0 Å². The van der Waals surface area contributed by atoms with Gasteiger partial charge in [-0.1, -0.05) is 17.7 Å². The van der Waals surface area contributed by atoms with E-state index in [1.165, 1.54) is 13.2 Å². The number of ether oxygens (including phenoxy) is 3. The van der Waals surface area contributed by atoms with Gasteiger partial charge in [-0.15, -0.1) is 0 Å². The van der Waals surface area contributed by atoms with Gasteiger partial charge in [-0.3, -0.25) is 4.79 Å². The first-order chi connectivity index (χ1) is 13.8. The molecule has 0 spiro atoms. The molecule has 4 nitrogen and oxygen atoms in total. The lowest BCUT2D eigenvalue weighted by Gasteiger charge is -2.18. The molecule has 2 atom stereocenters. The molecule has 0 N–H and O–H groups in total. The lowest BCUT2D eigenvalue weighted by atomic mass is 9.98. The molecule has 4 rings (SSSR count). The number of fused-ring (bicyclic) bond motifs is 2. The molecular weight excluding hydrogens is 385 g/mol. The van der Waals surface area contributed by atoms with Crippen LogP contribution in [0.4, 0.5) is 13.2 Å². The van der Waals surface area contributed by atoms with Crippen LogP contribution in [0.15, 0.2) is 30.3 Å². The van der Waals surface area contributed by atoms with Gasteiger partial charge in [0.25, 0.3) is 0 Å². The summed E-state index contributed by atoms with van der Waals surface area (Å²) in [5, 5.41) is 0. The monoisotopic (exact) mass is 406 g/mol. The summed E-state index contributed by atoms with van der Waals surface area (Å²) in [6.07, 6.45) is -3.75. The van der Waals surface area contributed by atoms with E-state index in [0.717, 1.165) is 5.56 Å². The number of hydrogen-bond donors (Lipinski definition) is 0. The van der Waals surface area contributed by atoms with Gasteiger partial charge in [0.15, 0.2) is 0 Å². The molecule has 0 unspecified atom stereocenters. The van der Waals surface area contributed by atoms with E-state index < -0.39 is 17.8 Å². The molecule has 2 aromatic rings. The molecule has 0 aromatic heterocycles. The van der Waals surface area contributed by atoms with E-state index in [0.29, 0.717) is 47.6 Å². The molecule has 0 saturated carbocycles. The van der Waals surface area contributed by atoms with E-state index in [2.05, 4.69) is 0 Å². The topological polar surface area (TPSA) is 44.8 Å². The minimum atomic E-state index is -4.37. The van der Waals surface area contributed by atoms with Gasteiger partial charge >= 0.3 is 12.1 Å². The van der Waals surface area contributed by atoms with Crippen LogP contribution < -0.4 is 9.47 Å². The second-order valence-electron chi connectivity index (χ2n) is 7.51. The highest BCUT2D eigenvalue weighted by molar-refractivity contribution is 5.71. The number of aryl methyl sites for hydroxylation is 1. The smallest absolute Gasteiger partial charge is 0.416 e. The number of carbonyl (C=O) groups is 1. The van der Waals surface area contributed by atoms with E-state index in [-0.39, 0.29) is 18.3 Å². The minimum absolute atomic E-state index is 0.0734. The normalized spacial score (nSPS) is 20.0. The first-order valence-electron chi connectivity index (χ1n) is 9.47. The summed E-state index contributed by atoms with van der Waals surface area (Å²) < 4.78 is 56.6. The van der Waals surface area contributed by atoms with Crippen molar-refractivity contribution < 1.29 is 32.2 Å². The SMILES string of the molecule is COC(=O)C[C@@H]1COc2cc(O[C@@H]3CCc4c3cc(C)cc4C(F)(F)F)ccc21. The number of methoxy groups -OCH3 is 1. The minimum Gasteiger partial charge on any atom is -0.492 e. The first-order valence-corrected chi connectivity index (χ1v) is 9.47. The molecule has 1 aliphatic heterocycles. The Labute approximate surface area is 166 Å². The van der Waals surface area contributed by atoms with Crippen LogP contribution in [0.1, 0.15) is 52.7 Å². The summed E-state index contributed by atoms with van der Waals surface area (Å²) in [5.41, 5.74) is 1.83. The fourth-order valence-electron chi connectivity index (χ4n) is 4.16. The van der Waals surface area contributed by atoms with E-state index in [1.54, 1.807) is 25.1 Å². The van der Waals surface area contributed by atoms with Gasteiger partial charge in [0.2, 0.25) is 0 Å². The third kappa shape index (κ3) is 3.78. The highest BCUT2D eigenvalue weighted by atomic mass is 19.4. The molecule has 0 bridgehead atoms. The molecule has 0 saturated heterocycles. The van der Waals surface area contributed by atoms with Crippen LogP contribution >= 0.6 is 0 Å². The second kappa shape index (κ2) is 7.28. The number of hydrogen-bond acceptors (Lipinski definition) is 4. The molecule has 2 aliphatic rings. The van der Waals surface area contributed by atoms with Crippen molar-refractivity contribution in [3.05, 3.63) is 58.1 Å². The fraction of sp³-hybridized carbons (Fsp3) is 0.409. The van der Waals surface area contributed by atoms with Crippen LogP contribution in [-0.4, -0.2) is 19.7 Å². The van der Waals surface area contributed by atoms with Crippen LogP contribution in [0.25, 0.3) is 0 Å². The average Bonchev–Trinajstić information content (AvgIpc) is 3.24. The number of benzene rings is 2. The Morgan fingerprint density at radius 3 is 2.72 bits per heavy atom. The maximum atomic E-state index is 13.4. The van der Waals surface area contributed by atoms with E-state index in [1.807, 2.05) is 6.07 Å². The van der Waals surface area contributed by atoms with E-state index in [9.17, 15) is 18.0 Å². The Bertz CT molecular complexity index is 952. The highest BCUT2D eigenvalue weighted by Gasteiger charge is 2.38. The molecule has 7 heteroatoms. The van der Waals surface area contributed by atoms with Gasteiger partial charge < -0.3 is 14.2 Å². The summed E-state index contributed by atoms with van der Waals surface area (Å²) in [5.74, 6) is 0.797. The second-order valence-corrected chi connectivity index (χ2v) is 7.51. The van der Waals surface area contributed by atoms with Crippen LogP contribution in [0, 0.1) is 6.92 Å². The predicted molar refractivity (Wildman–Crippen MR) is 99.2 cm³/mol. The summed E-state index contributed by atoms with van der Waals surface area (Å²) in [6.45, 7) is 2.05. The number of esters is 1. The van der Waals surface area contributed by atoms with Gasteiger partial charge in [-0.2, -0.15) is 13.2 Å². The van der Waals surface area contributed by atoms with Crippen LogP contribution in [0.5, 0.6) is 11.5 Å². The van der Waals surface area contributed by atoms with E-state index >= 15 is 0 Å². The van der Waals surface area contributed by atoms with Crippen molar-refractivity contribution in [2.75, 3.05) is 13.7 Å². The van der Waals surface area contributed by atoms with Crippen molar-refractivity contribution >= 4 is 5.97 Å². The molecular formula is C22H21F3O4. The lowest BCUT2D eigenvalue weighted by molar-refractivity contribution is -0.141. The molecule has 1 heterocycles. The van der Waals surface area contributed by atoms with Crippen molar-refractivity contribution in [1.29, 1.82) is 0 Å². The first kappa shape index (κ1) is 19.6. The molecule has 0 fully saturated rings. The Kier molecular flexibility index (Phi) is 4.92. The maximum absolute atomic E-state index is 13.4. The molecule has 1 aliphatic carbocycles. The van der Waals surface area contributed by atoms with Crippen molar-refractivity contribution in [2.45, 2.75) is 44.4 Å². The van der Waals surface area contributed by atoms with Gasteiger partial charge in [-0.25, -0.2) is 0 Å². The largest absolute Gasteiger partial charge is 0.492 e. The number of alkyl halides is 3. The van der Waals surface area contributed by atoms with Crippen molar-refractivity contribution in [3.8, 4) is 11.5 Å². The summed E-state index contributed by atoms with van der Waals surface area (Å²) in [4.78, 5) is 11.5. The van der Waals surface area contributed by atoms with Crippen LogP contribution in [0.3, 0.4) is 0 Å². The zero-order chi connectivity index (χ0) is 20.8. The maximum Gasteiger partial charge on any atom is 0.416 e. The van der Waals surface area contributed by atoms with Gasteiger partial charge in [0.05, 0.1) is 25.7 Å². The third-order valence-electron chi connectivity index (χ3n) is 5.52. The van der Waals surface area contributed by atoms with Crippen molar-refractivity contribution in [2.24, 2.45) is 0 Å². The Morgan fingerprint density at radius 2 is 2.00 bits per heavy atom. The molecule has 0 amide bonds. The third-order valence-corrected chi connectivity index (χ3v) is 5.52. The molecule has 0 radical (unpaired) electrons. The van der Waals surface area contributed by atoms with Gasteiger partial charge in [-0.05, 0) is 43.0 Å². The summed E-state index contributed by atoms with van der Waals surface area (Å²) in [7, 11) is 1.35. The Hall–Kier alpha value is -2.70. The fourth-order valence-corrected chi connectivity index (χ4v) is 4.16.